The van der Waals surface area contributed by atoms with Crippen LogP contribution in [-0.4, -0.2) is 25.0 Å². The topological polar surface area (TPSA) is 36.4 Å². The van der Waals surface area contributed by atoms with E-state index in [4.69, 9.17) is 0 Å². The van der Waals surface area contributed by atoms with Crippen LogP contribution in [0.25, 0.3) is 0 Å². The predicted molar refractivity (Wildman–Crippen MR) is 62.5 cm³/mol. The van der Waals surface area contributed by atoms with Gasteiger partial charge in [-0.05, 0) is 19.2 Å². The van der Waals surface area contributed by atoms with E-state index in [2.05, 4.69) is 33.8 Å². The van der Waals surface area contributed by atoms with Crippen LogP contribution in [0.3, 0.4) is 0 Å². The van der Waals surface area contributed by atoms with E-state index in [1.165, 1.54) is 11.3 Å². The molecule has 3 nitrogen and oxygen atoms in total. The Kier molecular flexibility index (Phi) is 1.99. The maximum absolute atomic E-state index is 4.69. The van der Waals surface area contributed by atoms with E-state index >= 15 is 0 Å². The highest BCUT2D eigenvalue weighted by atomic mass is 15.2. The van der Waals surface area contributed by atoms with Crippen molar-refractivity contribution in [2.24, 2.45) is 4.99 Å². The molecule has 0 radical (unpaired) electrons. The summed E-state index contributed by atoms with van der Waals surface area (Å²) in [6.45, 7) is 2.10. The van der Waals surface area contributed by atoms with E-state index in [1.807, 2.05) is 12.3 Å². The van der Waals surface area contributed by atoms with E-state index in [1.54, 1.807) is 0 Å². The fourth-order valence-electron chi connectivity index (χ4n) is 2.29. The van der Waals surface area contributed by atoms with E-state index in [-0.39, 0.29) is 5.66 Å². The number of rotatable bonds is 0. The second kappa shape index (κ2) is 3.35. The molecule has 3 rings (SSSR count). The number of para-hydroxylation sites is 1. The second-order valence-corrected chi connectivity index (χ2v) is 4.25. The zero-order valence-electron chi connectivity index (χ0n) is 8.66. The van der Waals surface area contributed by atoms with Crippen LogP contribution in [0.2, 0.25) is 0 Å². The van der Waals surface area contributed by atoms with Gasteiger partial charge in [-0.2, -0.15) is 0 Å². The summed E-state index contributed by atoms with van der Waals surface area (Å²) in [5.74, 6) is 0. The Bertz CT molecular complexity index is 392. The first-order chi connectivity index (χ1) is 7.38. The summed E-state index contributed by atoms with van der Waals surface area (Å²) in [6, 6.07) is 8.34. The molecule has 1 aromatic rings. The SMILES string of the molecule is C1=NC2(CCNCC2)Nc2ccccc21. The minimum Gasteiger partial charge on any atom is -0.361 e. The maximum atomic E-state index is 4.69. The molecule has 1 fully saturated rings. The minimum atomic E-state index is -0.0421. The van der Waals surface area contributed by atoms with Crippen molar-refractivity contribution in [2.45, 2.75) is 18.5 Å². The predicted octanol–water partition coefficient (Wildman–Crippen LogP) is 1.61. The van der Waals surface area contributed by atoms with Crippen molar-refractivity contribution in [3.05, 3.63) is 29.8 Å². The molecule has 2 aliphatic rings. The molecule has 0 aliphatic carbocycles. The Morgan fingerprint density at radius 3 is 2.80 bits per heavy atom. The average Bonchev–Trinajstić information content (AvgIpc) is 2.30. The number of benzene rings is 1. The van der Waals surface area contributed by atoms with Crippen LogP contribution >= 0.6 is 0 Å². The number of nitrogens with one attached hydrogen (secondary N) is 2. The quantitative estimate of drug-likeness (QED) is 0.669. The zero-order chi connectivity index (χ0) is 10.1. The van der Waals surface area contributed by atoms with Crippen LogP contribution in [0, 0.1) is 0 Å². The van der Waals surface area contributed by atoms with Crippen LogP contribution in [0.15, 0.2) is 29.3 Å². The van der Waals surface area contributed by atoms with Gasteiger partial charge in [0.05, 0.1) is 0 Å². The lowest BCUT2D eigenvalue weighted by Crippen LogP contribution is -2.47. The summed E-state index contributed by atoms with van der Waals surface area (Å²) in [4.78, 5) is 4.69. The molecule has 0 saturated carbocycles. The van der Waals surface area contributed by atoms with Gasteiger partial charge in [-0.1, -0.05) is 18.2 Å². The van der Waals surface area contributed by atoms with Crippen molar-refractivity contribution in [2.75, 3.05) is 18.4 Å². The number of nitrogens with zero attached hydrogens (tertiary/aromatic N) is 1. The van der Waals surface area contributed by atoms with Gasteiger partial charge in [0.25, 0.3) is 0 Å². The first kappa shape index (κ1) is 8.92. The van der Waals surface area contributed by atoms with Crippen molar-refractivity contribution in [3.63, 3.8) is 0 Å². The molecular formula is C12H15N3. The van der Waals surface area contributed by atoms with Gasteiger partial charge in [-0.3, -0.25) is 4.99 Å². The standard InChI is InChI=1S/C12H15N3/c1-2-4-11-10(3-1)9-14-12(15-11)5-7-13-8-6-12/h1-4,9,13,15H,5-8H2. The number of aliphatic imine (C=N–C) groups is 1. The molecule has 15 heavy (non-hydrogen) atoms. The third kappa shape index (κ3) is 1.53. The van der Waals surface area contributed by atoms with E-state index in [0.29, 0.717) is 0 Å². The summed E-state index contributed by atoms with van der Waals surface area (Å²) in [6.07, 6.45) is 4.15. The first-order valence-corrected chi connectivity index (χ1v) is 5.51. The second-order valence-electron chi connectivity index (χ2n) is 4.25. The van der Waals surface area contributed by atoms with Crippen LogP contribution in [-0.2, 0) is 0 Å². The Labute approximate surface area is 89.6 Å². The fraction of sp³-hybridized carbons (Fsp3) is 0.417. The number of hydrogen-bond acceptors (Lipinski definition) is 3. The van der Waals surface area contributed by atoms with E-state index < -0.39 is 0 Å². The van der Waals surface area contributed by atoms with Crippen molar-refractivity contribution in [1.82, 2.24) is 5.32 Å². The van der Waals surface area contributed by atoms with Gasteiger partial charge in [0.1, 0.15) is 5.66 Å². The highest BCUT2D eigenvalue weighted by molar-refractivity contribution is 5.90. The molecular weight excluding hydrogens is 186 g/mol. The summed E-state index contributed by atoms with van der Waals surface area (Å²) in [5.41, 5.74) is 2.37. The highest BCUT2D eigenvalue weighted by Gasteiger charge is 2.32. The molecule has 0 amide bonds. The van der Waals surface area contributed by atoms with Crippen molar-refractivity contribution >= 4 is 11.9 Å². The fourth-order valence-corrected chi connectivity index (χ4v) is 2.29. The van der Waals surface area contributed by atoms with Gasteiger partial charge in [-0.25, -0.2) is 0 Å². The summed E-state index contributed by atoms with van der Waals surface area (Å²) >= 11 is 0. The number of hydrogen-bond donors (Lipinski definition) is 2. The van der Waals surface area contributed by atoms with Crippen molar-refractivity contribution < 1.29 is 0 Å². The number of fused-ring (bicyclic) bond motifs is 1. The van der Waals surface area contributed by atoms with Gasteiger partial charge in [-0.15, -0.1) is 0 Å². The molecule has 2 aliphatic heterocycles. The van der Waals surface area contributed by atoms with Gasteiger partial charge in [0.2, 0.25) is 0 Å². The monoisotopic (exact) mass is 201 g/mol. The molecule has 1 spiro atoms. The van der Waals surface area contributed by atoms with Crippen molar-refractivity contribution in [1.29, 1.82) is 0 Å². The molecule has 0 aromatic heterocycles. The third-order valence-corrected chi connectivity index (χ3v) is 3.21. The largest absolute Gasteiger partial charge is 0.361 e. The molecule has 1 aromatic carbocycles. The van der Waals surface area contributed by atoms with E-state index in [0.717, 1.165) is 25.9 Å². The lowest BCUT2D eigenvalue weighted by molar-refractivity contribution is 0.350. The van der Waals surface area contributed by atoms with Gasteiger partial charge in [0, 0.05) is 30.3 Å². The van der Waals surface area contributed by atoms with Crippen LogP contribution in [0.5, 0.6) is 0 Å². The number of anilines is 1. The Morgan fingerprint density at radius 1 is 1.13 bits per heavy atom. The molecule has 1 saturated heterocycles. The van der Waals surface area contributed by atoms with Crippen molar-refractivity contribution in [3.8, 4) is 0 Å². The van der Waals surface area contributed by atoms with Gasteiger partial charge in [0.15, 0.2) is 0 Å². The number of piperidine rings is 1. The molecule has 0 bridgehead atoms. The molecule has 3 heteroatoms. The van der Waals surface area contributed by atoms with Crippen LogP contribution < -0.4 is 10.6 Å². The van der Waals surface area contributed by atoms with Gasteiger partial charge < -0.3 is 10.6 Å². The summed E-state index contributed by atoms with van der Waals surface area (Å²) < 4.78 is 0. The molecule has 2 N–H and O–H groups in total. The first-order valence-electron chi connectivity index (χ1n) is 5.51. The Morgan fingerprint density at radius 2 is 1.93 bits per heavy atom. The molecule has 2 heterocycles. The smallest absolute Gasteiger partial charge is 0.132 e. The normalized spacial score (nSPS) is 22.1. The highest BCUT2D eigenvalue weighted by Crippen LogP contribution is 2.30. The summed E-state index contributed by atoms with van der Waals surface area (Å²) in [7, 11) is 0. The third-order valence-electron chi connectivity index (χ3n) is 3.21. The van der Waals surface area contributed by atoms with Gasteiger partial charge >= 0.3 is 0 Å². The summed E-state index contributed by atoms with van der Waals surface area (Å²) in [5, 5.41) is 6.94. The van der Waals surface area contributed by atoms with Crippen LogP contribution in [0.4, 0.5) is 5.69 Å². The molecule has 0 atom stereocenters. The minimum absolute atomic E-state index is 0.0421. The molecule has 78 valence electrons. The van der Waals surface area contributed by atoms with E-state index in [9.17, 15) is 0 Å². The Hall–Kier alpha value is -1.35. The maximum Gasteiger partial charge on any atom is 0.132 e. The lowest BCUT2D eigenvalue weighted by atomic mass is 9.96. The Balaban J connectivity index is 1.94. The lowest BCUT2D eigenvalue weighted by Gasteiger charge is -2.38. The molecule has 0 unspecified atom stereocenters. The average molecular weight is 201 g/mol. The zero-order valence-corrected chi connectivity index (χ0v) is 8.66. The van der Waals surface area contributed by atoms with Crippen LogP contribution in [0.1, 0.15) is 18.4 Å².